The van der Waals surface area contributed by atoms with Gasteiger partial charge >= 0.3 is 0 Å². The molecule has 3 rings (SSSR count). The van der Waals surface area contributed by atoms with E-state index in [1.54, 1.807) is 7.11 Å². The largest absolute Gasteiger partial charge is 0.497 e. The lowest BCUT2D eigenvalue weighted by atomic mass is 9.99. The molecule has 2 N–H and O–H groups in total. The molecule has 4 heteroatoms. The maximum atomic E-state index is 5.59. The normalized spacial score (nSPS) is 11.5. The number of benzene rings is 3. The molecular formula is C23H24N2OS. The number of hydrogen-bond donors (Lipinski definition) is 2. The summed E-state index contributed by atoms with van der Waals surface area (Å²) in [4.78, 5) is 0. The zero-order chi connectivity index (χ0) is 19.2. The summed E-state index contributed by atoms with van der Waals surface area (Å²) in [5, 5.41) is 7.33. The SMILES string of the molecule is COc1ccc([C@@H](NC(=S)Nc2ccc(C)c(C)c2)c2ccccc2)cc1. The minimum atomic E-state index is -0.0522. The van der Waals surface area contributed by atoms with Gasteiger partial charge in [-0.05, 0) is 72.6 Å². The van der Waals surface area contributed by atoms with Crippen molar-refractivity contribution in [3.63, 3.8) is 0 Å². The van der Waals surface area contributed by atoms with Crippen molar-refractivity contribution in [1.82, 2.24) is 5.32 Å². The van der Waals surface area contributed by atoms with E-state index in [1.807, 2.05) is 36.4 Å². The zero-order valence-corrected chi connectivity index (χ0v) is 16.6. The van der Waals surface area contributed by atoms with Gasteiger partial charge in [0.25, 0.3) is 0 Å². The quantitative estimate of drug-likeness (QED) is 0.585. The Kier molecular flexibility index (Phi) is 6.09. The Morgan fingerprint density at radius 2 is 1.52 bits per heavy atom. The number of thiocarbonyl (C=S) groups is 1. The van der Waals surface area contributed by atoms with Gasteiger partial charge < -0.3 is 15.4 Å². The van der Waals surface area contributed by atoms with E-state index in [-0.39, 0.29) is 6.04 Å². The molecule has 0 saturated carbocycles. The van der Waals surface area contributed by atoms with Crippen molar-refractivity contribution in [2.75, 3.05) is 12.4 Å². The molecule has 0 unspecified atom stereocenters. The molecule has 3 aromatic carbocycles. The van der Waals surface area contributed by atoms with Crippen molar-refractivity contribution in [3.8, 4) is 5.75 Å². The summed E-state index contributed by atoms with van der Waals surface area (Å²) in [6, 6.07) is 24.5. The van der Waals surface area contributed by atoms with Crippen molar-refractivity contribution in [1.29, 1.82) is 0 Å². The van der Waals surface area contributed by atoms with Crippen LogP contribution in [0.25, 0.3) is 0 Å². The second-order valence-electron chi connectivity index (χ2n) is 6.51. The van der Waals surface area contributed by atoms with Crippen molar-refractivity contribution < 1.29 is 4.74 Å². The Hall–Kier alpha value is -2.85. The minimum Gasteiger partial charge on any atom is -0.497 e. The average Bonchev–Trinajstić information content (AvgIpc) is 2.70. The first-order valence-electron chi connectivity index (χ1n) is 8.90. The molecule has 0 spiro atoms. The number of methoxy groups -OCH3 is 1. The van der Waals surface area contributed by atoms with Crippen LogP contribution in [0.1, 0.15) is 28.3 Å². The predicted molar refractivity (Wildman–Crippen MR) is 117 cm³/mol. The van der Waals surface area contributed by atoms with Crippen molar-refractivity contribution >= 4 is 23.0 Å². The van der Waals surface area contributed by atoms with Gasteiger partial charge in [0.05, 0.1) is 13.2 Å². The summed E-state index contributed by atoms with van der Waals surface area (Å²) in [6.07, 6.45) is 0. The van der Waals surface area contributed by atoms with Crippen molar-refractivity contribution in [2.24, 2.45) is 0 Å². The van der Waals surface area contributed by atoms with Crippen LogP contribution in [-0.2, 0) is 0 Å². The molecule has 0 saturated heterocycles. The Bertz CT molecular complexity index is 907. The number of hydrogen-bond acceptors (Lipinski definition) is 2. The van der Waals surface area contributed by atoms with Gasteiger partial charge in [0.1, 0.15) is 5.75 Å². The molecule has 3 nitrogen and oxygen atoms in total. The third kappa shape index (κ3) is 4.86. The van der Waals surface area contributed by atoms with Gasteiger partial charge in [-0.2, -0.15) is 0 Å². The first kappa shape index (κ1) is 18.9. The first-order chi connectivity index (χ1) is 13.1. The highest BCUT2D eigenvalue weighted by Gasteiger charge is 2.15. The average molecular weight is 377 g/mol. The summed E-state index contributed by atoms with van der Waals surface area (Å²) in [7, 11) is 1.67. The molecule has 0 bridgehead atoms. The number of nitrogens with one attached hydrogen (secondary N) is 2. The van der Waals surface area contributed by atoms with Crippen LogP contribution in [0, 0.1) is 13.8 Å². The lowest BCUT2D eigenvalue weighted by molar-refractivity contribution is 0.414. The van der Waals surface area contributed by atoms with Crippen LogP contribution < -0.4 is 15.4 Å². The lowest BCUT2D eigenvalue weighted by Gasteiger charge is -2.22. The molecule has 138 valence electrons. The summed E-state index contributed by atoms with van der Waals surface area (Å²) in [6.45, 7) is 4.20. The Labute approximate surface area is 166 Å². The van der Waals surface area contributed by atoms with Crippen molar-refractivity contribution in [2.45, 2.75) is 19.9 Å². The molecule has 0 aromatic heterocycles. The molecule has 3 aromatic rings. The van der Waals surface area contributed by atoms with Gasteiger partial charge in [-0.1, -0.05) is 48.5 Å². The minimum absolute atomic E-state index is 0.0522. The van der Waals surface area contributed by atoms with E-state index in [2.05, 4.69) is 60.9 Å². The smallest absolute Gasteiger partial charge is 0.171 e. The molecule has 0 fully saturated rings. The standard InChI is InChI=1S/C23H24N2OS/c1-16-9-12-20(15-17(16)2)24-23(27)25-22(18-7-5-4-6-8-18)19-10-13-21(26-3)14-11-19/h4-15,22H,1-3H3,(H2,24,25,27)/t22-/m0/s1. The monoisotopic (exact) mass is 376 g/mol. The number of rotatable bonds is 5. The summed E-state index contributed by atoms with van der Waals surface area (Å²) in [5.74, 6) is 0.835. The fourth-order valence-corrected chi connectivity index (χ4v) is 3.15. The van der Waals surface area contributed by atoms with Crippen molar-refractivity contribution in [3.05, 3.63) is 95.1 Å². The Balaban J connectivity index is 1.82. The topological polar surface area (TPSA) is 33.3 Å². The highest BCUT2D eigenvalue weighted by atomic mass is 32.1. The molecule has 0 radical (unpaired) electrons. The van der Waals surface area contributed by atoms with Gasteiger partial charge in [-0.15, -0.1) is 0 Å². The summed E-state index contributed by atoms with van der Waals surface area (Å²) >= 11 is 5.59. The molecule has 0 amide bonds. The molecule has 27 heavy (non-hydrogen) atoms. The van der Waals surface area contributed by atoms with Gasteiger partial charge in [0.2, 0.25) is 0 Å². The van der Waals surface area contributed by atoms with Gasteiger partial charge in [0.15, 0.2) is 5.11 Å². The van der Waals surface area contributed by atoms with E-state index in [0.29, 0.717) is 5.11 Å². The highest BCUT2D eigenvalue weighted by Crippen LogP contribution is 2.24. The number of anilines is 1. The van der Waals surface area contributed by atoms with Gasteiger partial charge in [0, 0.05) is 5.69 Å². The maximum absolute atomic E-state index is 5.59. The molecular weight excluding hydrogens is 352 g/mol. The lowest BCUT2D eigenvalue weighted by Crippen LogP contribution is -2.33. The predicted octanol–water partition coefficient (Wildman–Crippen LogP) is 5.39. The second-order valence-corrected chi connectivity index (χ2v) is 6.92. The van der Waals surface area contributed by atoms with Crippen LogP contribution in [-0.4, -0.2) is 12.2 Å². The molecule has 0 aliphatic rings. The van der Waals surface area contributed by atoms with Crippen LogP contribution in [0.15, 0.2) is 72.8 Å². The fourth-order valence-electron chi connectivity index (χ4n) is 2.92. The summed E-state index contributed by atoms with van der Waals surface area (Å²) in [5.41, 5.74) is 5.74. The zero-order valence-electron chi connectivity index (χ0n) is 15.8. The van der Waals surface area contributed by atoms with E-state index in [1.165, 1.54) is 11.1 Å². The number of ether oxygens (including phenoxy) is 1. The molecule has 0 heterocycles. The van der Waals surface area contributed by atoms with Gasteiger partial charge in [-0.3, -0.25) is 0 Å². The first-order valence-corrected chi connectivity index (χ1v) is 9.31. The van der Waals surface area contributed by atoms with E-state index in [0.717, 1.165) is 22.6 Å². The maximum Gasteiger partial charge on any atom is 0.171 e. The molecule has 0 aliphatic heterocycles. The third-order valence-corrected chi connectivity index (χ3v) is 4.84. The second kappa shape index (κ2) is 8.69. The Morgan fingerprint density at radius 1 is 0.852 bits per heavy atom. The third-order valence-electron chi connectivity index (χ3n) is 4.62. The van der Waals surface area contributed by atoms with Gasteiger partial charge in [-0.25, -0.2) is 0 Å². The summed E-state index contributed by atoms with van der Waals surface area (Å²) < 4.78 is 5.28. The van der Waals surface area contributed by atoms with E-state index in [9.17, 15) is 0 Å². The molecule has 1 atom stereocenters. The number of aryl methyl sites for hydroxylation is 2. The highest BCUT2D eigenvalue weighted by molar-refractivity contribution is 7.80. The van der Waals surface area contributed by atoms with Crippen LogP contribution in [0.5, 0.6) is 5.75 Å². The van der Waals surface area contributed by atoms with Crippen LogP contribution in [0.3, 0.4) is 0 Å². The fraction of sp³-hybridized carbons (Fsp3) is 0.174. The van der Waals surface area contributed by atoms with Crippen LogP contribution in [0.2, 0.25) is 0 Å². The van der Waals surface area contributed by atoms with E-state index in [4.69, 9.17) is 17.0 Å². The van der Waals surface area contributed by atoms with Crippen LogP contribution in [0.4, 0.5) is 5.69 Å². The van der Waals surface area contributed by atoms with Crippen LogP contribution >= 0.6 is 12.2 Å². The Morgan fingerprint density at radius 3 is 2.15 bits per heavy atom. The van der Waals surface area contributed by atoms with E-state index < -0.39 is 0 Å². The van der Waals surface area contributed by atoms with E-state index >= 15 is 0 Å². The molecule has 0 aliphatic carbocycles.